The molecule has 3 nitrogen and oxygen atoms in total. The fourth-order valence-electron chi connectivity index (χ4n) is 2.58. The van der Waals surface area contributed by atoms with E-state index in [1.165, 1.54) is 5.39 Å². The van der Waals surface area contributed by atoms with Crippen LogP contribution in [0.5, 0.6) is 5.75 Å². The maximum Gasteiger partial charge on any atom is 0.127 e. The van der Waals surface area contributed by atoms with E-state index < -0.39 is 0 Å². The van der Waals surface area contributed by atoms with Crippen molar-refractivity contribution in [3.63, 3.8) is 0 Å². The second kappa shape index (κ2) is 6.77. The van der Waals surface area contributed by atoms with E-state index in [0.29, 0.717) is 18.0 Å². The molecule has 0 N–H and O–H groups in total. The zero-order chi connectivity index (χ0) is 14.7. The van der Waals surface area contributed by atoms with Gasteiger partial charge in [-0.25, -0.2) is 0 Å². The first-order chi connectivity index (χ1) is 10.3. The summed E-state index contributed by atoms with van der Waals surface area (Å²) in [5.74, 6) is 0.929. The van der Waals surface area contributed by atoms with Crippen molar-refractivity contribution in [3.8, 4) is 5.75 Å². The molecule has 1 aliphatic rings. The molecule has 2 aromatic rings. The van der Waals surface area contributed by atoms with Crippen LogP contribution in [0.2, 0.25) is 0 Å². The van der Waals surface area contributed by atoms with Gasteiger partial charge in [-0.3, -0.25) is 0 Å². The number of benzene rings is 2. The zero-order valence-corrected chi connectivity index (χ0v) is 13.6. The van der Waals surface area contributed by atoms with Gasteiger partial charge >= 0.3 is 0 Å². The predicted molar refractivity (Wildman–Crippen MR) is 87.3 cm³/mol. The second-order valence-electron chi connectivity index (χ2n) is 5.21. The van der Waals surface area contributed by atoms with Crippen LogP contribution in [0.25, 0.3) is 10.8 Å². The monoisotopic (exact) mass is 350 g/mol. The SMILES string of the molecule is COCCOC1C(Br)CC1Oc1cccc2ccccc12. The molecular weight excluding hydrogens is 332 g/mol. The van der Waals surface area contributed by atoms with Crippen LogP contribution in [0.15, 0.2) is 42.5 Å². The minimum absolute atomic E-state index is 0.0825. The molecule has 0 spiro atoms. The number of rotatable bonds is 6. The molecule has 0 heterocycles. The van der Waals surface area contributed by atoms with Gasteiger partial charge in [0, 0.05) is 23.7 Å². The van der Waals surface area contributed by atoms with Crippen molar-refractivity contribution in [1.29, 1.82) is 0 Å². The number of methoxy groups -OCH3 is 1. The molecule has 3 atom stereocenters. The van der Waals surface area contributed by atoms with Crippen molar-refractivity contribution >= 4 is 26.7 Å². The van der Waals surface area contributed by atoms with Crippen molar-refractivity contribution in [1.82, 2.24) is 0 Å². The summed E-state index contributed by atoms with van der Waals surface area (Å²) in [5.41, 5.74) is 0. The minimum atomic E-state index is 0.0825. The number of hydrogen-bond acceptors (Lipinski definition) is 3. The summed E-state index contributed by atoms with van der Waals surface area (Å²) >= 11 is 3.64. The first kappa shape index (κ1) is 14.8. The number of fused-ring (bicyclic) bond motifs is 1. The standard InChI is InChI=1S/C17H19BrO3/c1-19-9-10-20-17-14(18)11-16(17)21-15-8-4-6-12-5-2-3-7-13(12)15/h2-8,14,16-17H,9-11H2,1H3. The van der Waals surface area contributed by atoms with Crippen LogP contribution in [0.1, 0.15) is 6.42 Å². The Hall–Kier alpha value is -1.10. The Labute approximate surface area is 133 Å². The smallest absolute Gasteiger partial charge is 0.127 e. The highest BCUT2D eigenvalue weighted by Gasteiger charge is 2.42. The van der Waals surface area contributed by atoms with Crippen LogP contribution in [0.3, 0.4) is 0 Å². The Morgan fingerprint density at radius 2 is 1.90 bits per heavy atom. The van der Waals surface area contributed by atoms with E-state index in [-0.39, 0.29) is 12.2 Å². The van der Waals surface area contributed by atoms with Gasteiger partial charge in [-0.05, 0) is 11.5 Å². The van der Waals surface area contributed by atoms with Gasteiger partial charge < -0.3 is 14.2 Å². The fraction of sp³-hybridized carbons (Fsp3) is 0.412. The maximum absolute atomic E-state index is 6.18. The van der Waals surface area contributed by atoms with Gasteiger partial charge in [-0.2, -0.15) is 0 Å². The first-order valence-electron chi connectivity index (χ1n) is 7.18. The first-order valence-corrected chi connectivity index (χ1v) is 8.10. The maximum atomic E-state index is 6.18. The third kappa shape index (κ3) is 3.23. The third-order valence-corrected chi connectivity index (χ3v) is 4.70. The zero-order valence-electron chi connectivity index (χ0n) is 12.0. The van der Waals surface area contributed by atoms with Gasteiger partial charge in [0.05, 0.1) is 13.2 Å². The van der Waals surface area contributed by atoms with Gasteiger partial charge in [0.25, 0.3) is 0 Å². The number of ether oxygens (including phenoxy) is 3. The lowest BCUT2D eigenvalue weighted by atomic mass is 9.91. The second-order valence-corrected chi connectivity index (χ2v) is 6.39. The van der Waals surface area contributed by atoms with Gasteiger partial charge in [0.15, 0.2) is 0 Å². The largest absolute Gasteiger partial charge is 0.487 e. The Kier molecular flexibility index (Phi) is 4.78. The van der Waals surface area contributed by atoms with Crippen LogP contribution in [0, 0.1) is 0 Å². The van der Waals surface area contributed by atoms with Gasteiger partial charge in [-0.15, -0.1) is 0 Å². The van der Waals surface area contributed by atoms with E-state index in [4.69, 9.17) is 14.2 Å². The molecule has 3 unspecified atom stereocenters. The summed E-state index contributed by atoms with van der Waals surface area (Å²) in [6.07, 6.45) is 1.14. The summed E-state index contributed by atoms with van der Waals surface area (Å²) in [6.45, 7) is 1.20. The average Bonchev–Trinajstić information content (AvgIpc) is 2.51. The highest BCUT2D eigenvalue weighted by molar-refractivity contribution is 9.09. The Balaban J connectivity index is 1.70. The molecule has 112 valence electrons. The quantitative estimate of drug-likeness (QED) is 0.586. The van der Waals surface area contributed by atoms with Crippen LogP contribution < -0.4 is 4.74 Å². The third-order valence-electron chi connectivity index (χ3n) is 3.81. The number of hydrogen-bond donors (Lipinski definition) is 0. The Bertz CT molecular complexity index is 596. The van der Waals surface area contributed by atoms with E-state index in [1.807, 2.05) is 24.3 Å². The van der Waals surface area contributed by atoms with Crippen LogP contribution in [0.4, 0.5) is 0 Å². The highest BCUT2D eigenvalue weighted by Crippen LogP contribution is 2.36. The molecule has 0 aliphatic heterocycles. The number of halogens is 1. The van der Waals surface area contributed by atoms with E-state index in [2.05, 4.69) is 34.1 Å². The predicted octanol–water partition coefficient (Wildman–Crippen LogP) is 3.79. The lowest BCUT2D eigenvalue weighted by Crippen LogP contribution is -2.52. The molecule has 1 fully saturated rings. The summed E-state index contributed by atoms with van der Waals surface area (Å²) in [7, 11) is 1.68. The molecule has 0 saturated heterocycles. The van der Waals surface area contributed by atoms with E-state index in [9.17, 15) is 0 Å². The molecule has 0 aromatic heterocycles. The summed E-state index contributed by atoms with van der Waals surface area (Å²) in [6, 6.07) is 14.4. The molecule has 0 amide bonds. The van der Waals surface area contributed by atoms with Crippen LogP contribution in [-0.4, -0.2) is 37.4 Å². The lowest BCUT2D eigenvalue weighted by molar-refractivity contribution is -0.0861. The summed E-state index contributed by atoms with van der Waals surface area (Å²) in [5, 5.41) is 2.34. The van der Waals surface area contributed by atoms with Gasteiger partial charge in [0.1, 0.15) is 18.0 Å². The lowest BCUT2D eigenvalue weighted by Gasteiger charge is -2.41. The average molecular weight is 351 g/mol. The van der Waals surface area contributed by atoms with Crippen molar-refractivity contribution < 1.29 is 14.2 Å². The topological polar surface area (TPSA) is 27.7 Å². The van der Waals surface area contributed by atoms with Crippen molar-refractivity contribution in [3.05, 3.63) is 42.5 Å². The molecule has 1 saturated carbocycles. The Morgan fingerprint density at radius 3 is 2.71 bits per heavy atom. The molecular formula is C17H19BrO3. The molecule has 0 radical (unpaired) electrons. The van der Waals surface area contributed by atoms with Crippen molar-refractivity contribution in [2.24, 2.45) is 0 Å². The molecule has 0 bridgehead atoms. The van der Waals surface area contributed by atoms with E-state index in [1.54, 1.807) is 7.11 Å². The minimum Gasteiger partial charge on any atom is -0.487 e. The van der Waals surface area contributed by atoms with Crippen LogP contribution in [-0.2, 0) is 9.47 Å². The van der Waals surface area contributed by atoms with E-state index >= 15 is 0 Å². The fourth-order valence-corrected chi connectivity index (χ4v) is 3.44. The van der Waals surface area contributed by atoms with Crippen molar-refractivity contribution in [2.45, 2.75) is 23.5 Å². The molecule has 3 rings (SSSR count). The summed E-state index contributed by atoms with van der Waals surface area (Å²) < 4.78 is 17.0. The van der Waals surface area contributed by atoms with Crippen LogP contribution >= 0.6 is 15.9 Å². The molecule has 4 heteroatoms. The molecule has 1 aliphatic carbocycles. The summed E-state index contributed by atoms with van der Waals surface area (Å²) in [4.78, 5) is 0.356. The highest BCUT2D eigenvalue weighted by atomic mass is 79.9. The van der Waals surface area contributed by atoms with Crippen molar-refractivity contribution in [2.75, 3.05) is 20.3 Å². The van der Waals surface area contributed by atoms with Gasteiger partial charge in [-0.1, -0.05) is 52.3 Å². The molecule has 21 heavy (non-hydrogen) atoms. The number of alkyl halides is 1. The Morgan fingerprint density at radius 1 is 1.10 bits per heavy atom. The normalized spacial score (nSPS) is 24.8. The van der Waals surface area contributed by atoms with E-state index in [0.717, 1.165) is 17.6 Å². The molecule has 2 aromatic carbocycles. The van der Waals surface area contributed by atoms with Gasteiger partial charge in [0.2, 0.25) is 0 Å².